The summed E-state index contributed by atoms with van der Waals surface area (Å²) in [4.78, 5) is 43.9. The third-order valence-electron chi connectivity index (χ3n) is 6.06. The Bertz CT molecular complexity index is 909. The predicted molar refractivity (Wildman–Crippen MR) is 127 cm³/mol. The number of nitrogens with one attached hydrogen (secondary N) is 2. The molecule has 4 amide bonds. The maximum atomic E-state index is 13.2. The van der Waals surface area contributed by atoms with Gasteiger partial charge in [0.2, 0.25) is 0 Å². The van der Waals surface area contributed by atoms with Crippen LogP contribution in [-0.2, 0) is 9.53 Å². The van der Waals surface area contributed by atoms with Gasteiger partial charge in [-0.05, 0) is 38.5 Å². The molecular weight excluding hydrogens is 438 g/mol. The molecular formula is C24H35N5O5. The molecule has 34 heavy (non-hydrogen) atoms. The molecule has 0 radical (unpaired) electrons. The molecule has 10 heteroatoms. The van der Waals surface area contributed by atoms with Gasteiger partial charge in [-0.25, -0.2) is 14.4 Å². The van der Waals surface area contributed by atoms with Crippen LogP contribution in [0, 0.1) is 0 Å². The minimum Gasteiger partial charge on any atom is -0.497 e. The second-order valence-electron chi connectivity index (χ2n) is 8.08. The Labute approximate surface area is 200 Å². The number of carbonyl (C=O) groups is 3. The van der Waals surface area contributed by atoms with Crippen LogP contribution in [0.3, 0.4) is 0 Å². The Kier molecular flexibility index (Phi) is 8.75. The number of amides is 4. The Morgan fingerprint density at radius 3 is 2.32 bits per heavy atom. The second kappa shape index (κ2) is 11.7. The van der Waals surface area contributed by atoms with Crippen molar-refractivity contribution in [2.45, 2.75) is 26.8 Å². The fourth-order valence-electron chi connectivity index (χ4n) is 4.29. The van der Waals surface area contributed by atoms with Crippen LogP contribution in [0.15, 0.2) is 35.5 Å². The summed E-state index contributed by atoms with van der Waals surface area (Å²) in [6.07, 6.45) is 0. The zero-order chi connectivity index (χ0) is 24.7. The molecule has 1 atom stereocenters. The Morgan fingerprint density at radius 1 is 1.09 bits per heavy atom. The van der Waals surface area contributed by atoms with Gasteiger partial charge < -0.3 is 25.0 Å². The van der Waals surface area contributed by atoms with Crippen LogP contribution in [0.5, 0.6) is 5.75 Å². The van der Waals surface area contributed by atoms with Crippen LogP contribution < -0.4 is 15.4 Å². The molecule has 2 aliphatic rings. The van der Waals surface area contributed by atoms with E-state index in [1.807, 2.05) is 26.0 Å². The highest BCUT2D eigenvalue weighted by atomic mass is 16.5. The van der Waals surface area contributed by atoms with Crippen molar-refractivity contribution in [1.29, 1.82) is 0 Å². The van der Waals surface area contributed by atoms with Gasteiger partial charge >= 0.3 is 18.0 Å². The highest BCUT2D eigenvalue weighted by Gasteiger charge is 2.38. The van der Waals surface area contributed by atoms with Crippen molar-refractivity contribution in [3.8, 4) is 5.75 Å². The third kappa shape index (κ3) is 5.61. The molecule has 3 rings (SSSR count). The van der Waals surface area contributed by atoms with Crippen LogP contribution in [0.2, 0.25) is 0 Å². The molecule has 2 N–H and O–H groups in total. The van der Waals surface area contributed by atoms with Crippen molar-refractivity contribution in [2.24, 2.45) is 0 Å². The van der Waals surface area contributed by atoms with E-state index < -0.39 is 12.0 Å². The fraction of sp³-hybridized carbons (Fsp3) is 0.542. The summed E-state index contributed by atoms with van der Waals surface area (Å²) in [5.41, 5.74) is 1.84. The summed E-state index contributed by atoms with van der Waals surface area (Å²) in [6.45, 7) is 9.61. The van der Waals surface area contributed by atoms with Crippen molar-refractivity contribution < 1.29 is 23.9 Å². The first kappa shape index (κ1) is 25.4. The first-order valence-corrected chi connectivity index (χ1v) is 11.8. The number of benzene rings is 1. The van der Waals surface area contributed by atoms with Crippen LogP contribution in [0.4, 0.5) is 9.59 Å². The molecule has 2 aliphatic heterocycles. The van der Waals surface area contributed by atoms with E-state index in [1.165, 1.54) is 0 Å². The fourth-order valence-corrected chi connectivity index (χ4v) is 4.29. The quantitative estimate of drug-likeness (QED) is 0.560. The van der Waals surface area contributed by atoms with Crippen molar-refractivity contribution in [3.05, 3.63) is 41.1 Å². The summed E-state index contributed by atoms with van der Waals surface area (Å²) in [6, 6.07) is 6.33. The first-order chi connectivity index (χ1) is 16.4. The van der Waals surface area contributed by atoms with Gasteiger partial charge in [-0.2, -0.15) is 0 Å². The molecule has 0 bridgehead atoms. The average Bonchev–Trinajstić information content (AvgIpc) is 2.84. The van der Waals surface area contributed by atoms with E-state index >= 15 is 0 Å². The number of hydrogen-bond acceptors (Lipinski definition) is 6. The molecule has 1 saturated heterocycles. The van der Waals surface area contributed by atoms with Gasteiger partial charge in [0.1, 0.15) is 5.75 Å². The van der Waals surface area contributed by atoms with E-state index in [9.17, 15) is 14.4 Å². The molecule has 1 aromatic rings. The van der Waals surface area contributed by atoms with E-state index in [1.54, 1.807) is 36.0 Å². The molecule has 0 aromatic heterocycles. The number of ether oxygens (including phenoxy) is 2. The highest BCUT2D eigenvalue weighted by Crippen LogP contribution is 2.33. The zero-order valence-corrected chi connectivity index (χ0v) is 20.4. The maximum Gasteiger partial charge on any atom is 0.338 e. The van der Waals surface area contributed by atoms with Crippen molar-refractivity contribution in [1.82, 2.24) is 25.3 Å². The summed E-state index contributed by atoms with van der Waals surface area (Å²) >= 11 is 0. The summed E-state index contributed by atoms with van der Waals surface area (Å²) in [7, 11) is 1.59. The monoisotopic (exact) mass is 473 g/mol. The van der Waals surface area contributed by atoms with Crippen molar-refractivity contribution in [2.75, 3.05) is 59.5 Å². The summed E-state index contributed by atoms with van der Waals surface area (Å²) < 4.78 is 10.7. The van der Waals surface area contributed by atoms with Gasteiger partial charge in [0.25, 0.3) is 0 Å². The van der Waals surface area contributed by atoms with Crippen LogP contribution >= 0.6 is 0 Å². The number of likely N-dealkylation sites (N-methyl/N-ethyl adjacent to an activating group) is 1. The lowest BCUT2D eigenvalue weighted by molar-refractivity contribution is -0.139. The van der Waals surface area contributed by atoms with Gasteiger partial charge in [0.05, 0.1) is 25.3 Å². The minimum absolute atomic E-state index is 0.0691. The number of nitrogens with zero attached hydrogens (tertiary/aromatic N) is 3. The highest BCUT2D eigenvalue weighted by molar-refractivity contribution is 5.95. The lowest BCUT2D eigenvalue weighted by Gasteiger charge is -2.40. The molecule has 0 unspecified atom stereocenters. The molecule has 1 aromatic carbocycles. The van der Waals surface area contributed by atoms with E-state index in [4.69, 9.17) is 9.47 Å². The molecule has 2 heterocycles. The minimum atomic E-state index is -0.633. The number of carbonyl (C=O) groups excluding carboxylic acids is 3. The lowest BCUT2D eigenvalue weighted by Crippen LogP contribution is -2.55. The predicted octanol–water partition coefficient (Wildman–Crippen LogP) is 1.95. The molecule has 186 valence electrons. The van der Waals surface area contributed by atoms with Gasteiger partial charge in [0.15, 0.2) is 0 Å². The van der Waals surface area contributed by atoms with E-state index in [-0.39, 0.29) is 18.7 Å². The van der Waals surface area contributed by atoms with Crippen molar-refractivity contribution >= 4 is 18.0 Å². The Balaban J connectivity index is 1.92. The molecule has 0 saturated carbocycles. The number of hydrogen-bond donors (Lipinski definition) is 2. The summed E-state index contributed by atoms with van der Waals surface area (Å²) in [5, 5.41) is 5.80. The van der Waals surface area contributed by atoms with Gasteiger partial charge in [-0.15, -0.1) is 0 Å². The van der Waals surface area contributed by atoms with Gasteiger partial charge in [-0.1, -0.05) is 12.1 Å². The third-order valence-corrected chi connectivity index (χ3v) is 6.06. The lowest BCUT2D eigenvalue weighted by atomic mass is 9.94. The molecule has 1 fully saturated rings. The number of rotatable bonds is 8. The average molecular weight is 474 g/mol. The van der Waals surface area contributed by atoms with Crippen molar-refractivity contribution in [3.63, 3.8) is 0 Å². The van der Waals surface area contributed by atoms with Crippen LogP contribution in [0.1, 0.15) is 32.4 Å². The number of piperazine rings is 1. The summed E-state index contributed by atoms with van der Waals surface area (Å²) in [5.74, 6) is 0.241. The smallest absolute Gasteiger partial charge is 0.338 e. The number of methoxy groups -OCH3 is 1. The van der Waals surface area contributed by atoms with E-state index in [0.717, 1.165) is 5.56 Å². The molecule has 0 spiro atoms. The van der Waals surface area contributed by atoms with Gasteiger partial charge in [-0.3, -0.25) is 9.80 Å². The van der Waals surface area contributed by atoms with Crippen LogP contribution in [-0.4, -0.2) is 92.3 Å². The Hall–Kier alpha value is -3.27. The normalized spacial score (nSPS) is 19.1. The maximum absolute atomic E-state index is 13.2. The molecule has 10 nitrogen and oxygen atoms in total. The standard InChI is InChI=1S/C24H35N5O5/c1-5-25-23(31)28-14-12-27(13-15-28)16-19-20(22(30)34-7-3)21(26-24(32)29(19)6-2)17-8-10-18(33-4)11-9-17/h8-11,21H,5-7,12-16H2,1-4H3,(H,25,31)(H,26,32)/t21-/m1/s1. The SMILES string of the molecule is CCNC(=O)N1CCN(CC2=C(C(=O)OCC)[C@@H](c3ccc(OC)cc3)NC(=O)N2CC)CC1. The Morgan fingerprint density at radius 2 is 1.76 bits per heavy atom. The molecule has 0 aliphatic carbocycles. The van der Waals surface area contributed by atoms with E-state index in [2.05, 4.69) is 15.5 Å². The van der Waals surface area contributed by atoms with Crippen LogP contribution in [0.25, 0.3) is 0 Å². The topological polar surface area (TPSA) is 103 Å². The number of esters is 1. The largest absolute Gasteiger partial charge is 0.497 e. The second-order valence-corrected chi connectivity index (χ2v) is 8.08. The van der Waals surface area contributed by atoms with E-state index in [0.29, 0.717) is 62.8 Å². The van der Waals surface area contributed by atoms with Gasteiger partial charge in [0, 0.05) is 51.5 Å². The zero-order valence-electron chi connectivity index (χ0n) is 20.4. The first-order valence-electron chi connectivity index (χ1n) is 11.8. The number of urea groups is 2.